The van der Waals surface area contributed by atoms with Crippen molar-refractivity contribution in [1.29, 1.82) is 0 Å². The number of ether oxygens (including phenoxy) is 1. The number of methoxy groups -OCH3 is 1. The summed E-state index contributed by atoms with van der Waals surface area (Å²) in [5.41, 5.74) is 1.95. The Kier molecular flexibility index (Phi) is 4.23. The molecular weight excluding hydrogens is 338 g/mol. The molecule has 3 heterocycles. The van der Waals surface area contributed by atoms with Crippen LogP contribution in [0.2, 0.25) is 5.02 Å². The zero-order valence-electron chi connectivity index (χ0n) is 12.8. The van der Waals surface area contributed by atoms with Gasteiger partial charge >= 0.3 is 5.97 Å². The SMILES string of the molecule is COC(=O)c1nn(Cc2nc(-c3sccc3C)oc2C)cc1Cl. The molecule has 0 saturated carbocycles. The van der Waals surface area contributed by atoms with Crippen LogP contribution >= 0.6 is 22.9 Å². The fraction of sp³-hybridized carbons (Fsp3) is 0.267. The van der Waals surface area contributed by atoms with Crippen LogP contribution in [0, 0.1) is 13.8 Å². The number of esters is 1. The lowest BCUT2D eigenvalue weighted by molar-refractivity contribution is 0.0593. The minimum Gasteiger partial charge on any atom is -0.464 e. The molecule has 3 aromatic rings. The first kappa shape index (κ1) is 15.8. The number of rotatable bonds is 4. The molecule has 120 valence electrons. The topological polar surface area (TPSA) is 70.2 Å². The molecule has 0 bridgehead atoms. The molecule has 0 radical (unpaired) electrons. The highest BCUT2D eigenvalue weighted by Gasteiger charge is 2.18. The zero-order chi connectivity index (χ0) is 16.6. The fourth-order valence-corrected chi connectivity index (χ4v) is 3.21. The summed E-state index contributed by atoms with van der Waals surface area (Å²) in [4.78, 5) is 17.1. The van der Waals surface area contributed by atoms with Gasteiger partial charge in [-0.2, -0.15) is 5.10 Å². The second-order valence-corrected chi connectivity index (χ2v) is 6.29. The second-order valence-electron chi connectivity index (χ2n) is 4.97. The van der Waals surface area contributed by atoms with Crippen molar-refractivity contribution in [2.75, 3.05) is 7.11 Å². The summed E-state index contributed by atoms with van der Waals surface area (Å²) in [6.45, 7) is 4.22. The van der Waals surface area contributed by atoms with E-state index in [2.05, 4.69) is 14.8 Å². The number of hydrogen-bond acceptors (Lipinski definition) is 6. The van der Waals surface area contributed by atoms with Gasteiger partial charge < -0.3 is 9.15 Å². The number of halogens is 1. The van der Waals surface area contributed by atoms with Crippen LogP contribution in [0.1, 0.15) is 27.5 Å². The van der Waals surface area contributed by atoms with Gasteiger partial charge in [0.1, 0.15) is 11.5 Å². The Morgan fingerprint density at radius 3 is 2.91 bits per heavy atom. The molecule has 0 spiro atoms. The molecular formula is C15H14ClN3O3S. The first-order valence-corrected chi connectivity index (χ1v) is 8.07. The van der Waals surface area contributed by atoms with Crippen LogP contribution < -0.4 is 0 Å². The largest absolute Gasteiger partial charge is 0.464 e. The van der Waals surface area contributed by atoms with Crippen molar-refractivity contribution >= 4 is 28.9 Å². The van der Waals surface area contributed by atoms with Crippen LogP contribution in [0.3, 0.4) is 0 Å². The Balaban J connectivity index is 1.88. The van der Waals surface area contributed by atoms with E-state index in [0.717, 1.165) is 16.1 Å². The van der Waals surface area contributed by atoms with E-state index in [9.17, 15) is 4.79 Å². The Labute approximate surface area is 141 Å². The van der Waals surface area contributed by atoms with E-state index in [1.54, 1.807) is 22.2 Å². The molecule has 0 unspecified atom stereocenters. The summed E-state index contributed by atoms with van der Waals surface area (Å²) < 4.78 is 11.9. The van der Waals surface area contributed by atoms with Crippen molar-refractivity contribution in [2.24, 2.45) is 0 Å². The van der Waals surface area contributed by atoms with Gasteiger partial charge in [0.15, 0.2) is 5.69 Å². The van der Waals surface area contributed by atoms with Crippen molar-refractivity contribution in [3.63, 3.8) is 0 Å². The van der Waals surface area contributed by atoms with Crippen molar-refractivity contribution in [2.45, 2.75) is 20.4 Å². The van der Waals surface area contributed by atoms with Gasteiger partial charge in [-0.1, -0.05) is 11.6 Å². The molecule has 23 heavy (non-hydrogen) atoms. The van der Waals surface area contributed by atoms with Gasteiger partial charge in [-0.25, -0.2) is 9.78 Å². The lowest BCUT2D eigenvalue weighted by Crippen LogP contribution is -2.06. The molecule has 0 aromatic carbocycles. The maximum atomic E-state index is 11.5. The molecule has 0 amide bonds. The predicted octanol–water partition coefficient (Wildman–Crippen LogP) is 3.70. The van der Waals surface area contributed by atoms with E-state index in [0.29, 0.717) is 18.2 Å². The number of thiophene rings is 1. The summed E-state index contributed by atoms with van der Waals surface area (Å²) >= 11 is 7.59. The fourth-order valence-electron chi connectivity index (χ4n) is 2.13. The highest BCUT2D eigenvalue weighted by Crippen LogP contribution is 2.30. The van der Waals surface area contributed by atoms with Gasteiger partial charge in [0.05, 0.1) is 23.6 Å². The van der Waals surface area contributed by atoms with E-state index < -0.39 is 5.97 Å². The average Bonchev–Trinajstić information content (AvgIpc) is 3.19. The molecule has 0 fully saturated rings. The molecule has 0 aliphatic rings. The van der Waals surface area contributed by atoms with Gasteiger partial charge in [0.2, 0.25) is 5.89 Å². The Morgan fingerprint density at radius 1 is 1.48 bits per heavy atom. The molecule has 8 heteroatoms. The standard InChI is InChI=1S/C15H14ClN3O3S/c1-8-4-5-23-13(8)14-17-11(9(2)22-14)7-19-6-10(16)12(18-19)15(20)21-3/h4-6H,7H2,1-3H3. The van der Waals surface area contributed by atoms with E-state index in [-0.39, 0.29) is 10.7 Å². The van der Waals surface area contributed by atoms with Crippen LogP contribution in [-0.4, -0.2) is 27.8 Å². The van der Waals surface area contributed by atoms with Crippen LogP contribution in [0.4, 0.5) is 0 Å². The van der Waals surface area contributed by atoms with Crippen LogP contribution in [-0.2, 0) is 11.3 Å². The van der Waals surface area contributed by atoms with Gasteiger partial charge in [0.25, 0.3) is 0 Å². The maximum absolute atomic E-state index is 11.5. The Bertz CT molecular complexity index is 865. The highest BCUT2D eigenvalue weighted by molar-refractivity contribution is 7.13. The third-order valence-corrected chi connectivity index (χ3v) is 4.64. The van der Waals surface area contributed by atoms with Gasteiger partial charge in [-0.05, 0) is 30.9 Å². The summed E-state index contributed by atoms with van der Waals surface area (Å²) in [6.07, 6.45) is 1.57. The van der Waals surface area contributed by atoms with Crippen molar-refractivity contribution in [3.05, 3.63) is 45.4 Å². The number of aromatic nitrogens is 3. The zero-order valence-corrected chi connectivity index (χ0v) is 14.4. The van der Waals surface area contributed by atoms with Gasteiger partial charge in [0, 0.05) is 6.20 Å². The van der Waals surface area contributed by atoms with Crippen LogP contribution in [0.25, 0.3) is 10.8 Å². The average molecular weight is 352 g/mol. The lowest BCUT2D eigenvalue weighted by Gasteiger charge is -1.98. The smallest absolute Gasteiger partial charge is 0.360 e. The van der Waals surface area contributed by atoms with Crippen LogP contribution in [0.15, 0.2) is 22.1 Å². The predicted molar refractivity (Wildman–Crippen MR) is 87.0 cm³/mol. The molecule has 6 nitrogen and oxygen atoms in total. The Hall–Kier alpha value is -2.12. The molecule has 3 aromatic heterocycles. The molecule has 3 rings (SSSR count). The first-order valence-electron chi connectivity index (χ1n) is 6.81. The number of hydrogen-bond donors (Lipinski definition) is 0. The molecule has 0 aliphatic carbocycles. The van der Waals surface area contributed by atoms with E-state index in [1.165, 1.54) is 7.11 Å². The van der Waals surface area contributed by atoms with E-state index >= 15 is 0 Å². The number of nitrogens with zero attached hydrogens (tertiary/aromatic N) is 3. The molecule has 0 atom stereocenters. The first-order chi connectivity index (χ1) is 11.0. The molecule has 0 aliphatic heterocycles. The lowest BCUT2D eigenvalue weighted by atomic mass is 10.3. The minimum atomic E-state index is -0.569. The monoisotopic (exact) mass is 351 g/mol. The number of carbonyl (C=O) groups excluding carboxylic acids is 1. The highest BCUT2D eigenvalue weighted by atomic mass is 35.5. The quantitative estimate of drug-likeness (QED) is 0.670. The van der Waals surface area contributed by atoms with E-state index in [4.69, 9.17) is 16.0 Å². The third kappa shape index (κ3) is 3.02. The molecule has 0 N–H and O–H groups in total. The van der Waals surface area contributed by atoms with Crippen molar-refractivity contribution in [1.82, 2.24) is 14.8 Å². The van der Waals surface area contributed by atoms with Gasteiger partial charge in [-0.15, -0.1) is 11.3 Å². The number of oxazole rings is 1. The van der Waals surface area contributed by atoms with Gasteiger partial charge in [-0.3, -0.25) is 4.68 Å². The molecule has 0 saturated heterocycles. The second kappa shape index (κ2) is 6.17. The van der Waals surface area contributed by atoms with Crippen molar-refractivity contribution < 1.29 is 13.9 Å². The summed E-state index contributed by atoms with van der Waals surface area (Å²) in [6, 6.07) is 2.02. The minimum absolute atomic E-state index is 0.0876. The summed E-state index contributed by atoms with van der Waals surface area (Å²) in [5, 5.41) is 6.38. The normalized spacial score (nSPS) is 11.0. The number of carbonyl (C=O) groups is 1. The third-order valence-electron chi connectivity index (χ3n) is 3.36. The Morgan fingerprint density at radius 2 is 2.26 bits per heavy atom. The van der Waals surface area contributed by atoms with Crippen molar-refractivity contribution in [3.8, 4) is 10.8 Å². The van der Waals surface area contributed by atoms with E-state index in [1.807, 2.05) is 25.3 Å². The summed E-state index contributed by atoms with van der Waals surface area (Å²) in [7, 11) is 1.29. The summed E-state index contributed by atoms with van der Waals surface area (Å²) in [5.74, 6) is 0.732. The number of aryl methyl sites for hydroxylation is 2. The van der Waals surface area contributed by atoms with Crippen LogP contribution in [0.5, 0.6) is 0 Å². The maximum Gasteiger partial charge on any atom is 0.360 e.